The summed E-state index contributed by atoms with van der Waals surface area (Å²) in [7, 11) is -2.15. The number of hydroxylamine groups is 3. The Balaban J connectivity index is 1.01. The van der Waals surface area contributed by atoms with Crippen molar-refractivity contribution in [2.75, 3.05) is 39.8 Å². The predicted molar refractivity (Wildman–Crippen MR) is 144 cm³/mol. The van der Waals surface area contributed by atoms with Crippen molar-refractivity contribution in [3.05, 3.63) is 59.7 Å². The average Bonchev–Trinajstić information content (AvgIpc) is 2.87. The van der Waals surface area contributed by atoms with Crippen LogP contribution in [0.15, 0.2) is 53.4 Å². The van der Waals surface area contributed by atoms with Gasteiger partial charge in [0.1, 0.15) is 25.9 Å². The highest BCUT2D eigenvalue weighted by atomic mass is 32.2. The van der Waals surface area contributed by atoms with Crippen LogP contribution in [0.25, 0.3) is 0 Å². The van der Waals surface area contributed by atoms with E-state index >= 15 is 0 Å². The fraction of sp³-hybridized carbons (Fsp3) is 0.567. The smallest absolute Gasteiger partial charge is 0.342 e. The van der Waals surface area contributed by atoms with E-state index in [0.29, 0.717) is 31.6 Å². The van der Waals surface area contributed by atoms with Crippen molar-refractivity contribution in [3.8, 4) is 5.75 Å². The molecule has 1 heterocycles. The number of nitrogens with zero attached hydrogens (tertiary/aromatic N) is 2. The zero-order valence-corrected chi connectivity index (χ0v) is 23.3. The molecule has 1 aliphatic heterocycles. The fourth-order valence-corrected chi connectivity index (χ4v) is 8.98. The Bertz CT molecular complexity index is 1250. The minimum Gasteiger partial charge on any atom is -0.484 e. The van der Waals surface area contributed by atoms with Gasteiger partial charge in [-0.15, -0.1) is 0 Å². The van der Waals surface area contributed by atoms with Gasteiger partial charge in [0, 0.05) is 0 Å². The van der Waals surface area contributed by atoms with Crippen LogP contribution in [0.4, 0.5) is 0 Å². The lowest BCUT2D eigenvalue weighted by atomic mass is 9.48. The lowest BCUT2D eigenvalue weighted by Gasteiger charge is -2.57. The monoisotopic (exact) mass is 539 g/mol. The van der Waals surface area contributed by atoms with Crippen molar-refractivity contribution in [2.24, 2.45) is 17.8 Å². The molecular weight excluding hydrogens is 500 g/mol. The third-order valence-corrected chi connectivity index (χ3v) is 10.9. The largest absolute Gasteiger partial charge is 0.484 e. The number of hydrogen-bond donors (Lipinski definition) is 0. The molecule has 7 nitrogen and oxygen atoms in total. The maximum atomic E-state index is 12.9. The van der Waals surface area contributed by atoms with E-state index in [1.54, 1.807) is 36.2 Å². The quantitative estimate of drug-likeness (QED) is 0.486. The van der Waals surface area contributed by atoms with E-state index in [4.69, 9.17) is 9.02 Å². The van der Waals surface area contributed by atoms with Crippen LogP contribution < -0.4 is 4.74 Å². The number of carbonyl (C=O) groups is 1. The molecule has 2 aromatic carbocycles. The van der Waals surface area contributed by atoms with Crippen LogP contribution in [0, 0.1) is 24.7 Å². The number of quaternary nitrogens is 1. The van der Waals surface area contributed by atoms with E-state index in [2.05, 4.69) is 12.1 Å². The van der Waals surface area contributed by atoms with Crippen molar-refractivity contribution in [3.63, 3.8) is 0 Å². The molecule has 0 N–H and O–H groups in total. The van der Waals surface area contributed by atoms with Gasteiger partial charge < -0.3 is 9.64 Å². The van der Waals surface area contributed by atoms with Gasteiger partial charge in [-0.25, -0.2) is 0 Å². The van der Waals surface area contributed by atoms with Gasteiger partial charge in [-0.05, 0) is 98.4 Å². The van der Waals surface area contributed by atoms with E-state index in [1.807, 2.05) is 19.1 Å². The molecule has 5 fully saturated rings. The summed E-state index contributed by atoms with van der Waals surface area (Å²) in [5, 5.41) is 0. The van der Waals surface area contributed by atoms with Crippen LogP contribution in [0.2, 0.25) is 0 Å². The third kappa shape index (κ3) is 5.10. The van der Waals surface area contributed by atoms with Gasteiger partial charge >= 0.3 is 10.1 Å². The molecule has 0 spiro atoms. The Morgan fingerprint density at radius 2 is 1.47 bits per heavy atom. The first-order valence-corrected chi connectivity index (χ1v) is 15.4. The lowest BCUT2D eigenvalue weighted by molar-refractivity contribution is -1.07. The van der Waals surface area contributed by atoms with Crippen LogP contribution in [0.3, 0.4) is 0 Å². The number of hydrogen-bond acceptors (Lipinski definition) is 5. The normalized spacial score (nSPS) is 29.8. The van der Waals surface area contributed by atoms with Crippen LogP contribution in [-0.4, -0.2) is 63.7 Å². The van der Waals surface area contributed by atoms with Crippen LogP contribution >= 0.6 is 0 Å². The predicted octanol–water partition coefficient (Wildman–Crippen LogP) is 4.45. The first-order chi connectivity index (χ1) is 18.1. The van der Waals surface area contributed by atoms with Gasteiger partial charge in [-0.3, -0.25) is 4.79 Å². The maximum absolute atomic E-state index is 12.9. The number of likely N-dealkylation sites (N-methyl/N-ethyl adjacent to an activating group) is 1. The summed E-state index contributed by atoms with van der Waals surface area (Å²) >= 11 is 0. The minimum atomic E-state index is -3.89. The van der Waals surface area contributed by atoms with Gasteiger partial charge in [-0.1, -0.05) is 34.1 Å². The fourth-order valence-electron chi connectivity index (χ4n) is 7.80. The molecular formula is C30H39N2O5S+. The summed E-state index contributed by atoms with van der Waals surface area (Å²) in [6.07, 6.45) is 8.31. The molecule has 4 saturated carbocycles. The molecule has 1 amide bonds. The molecule has 0 atom stereocenters. The summed E-state index contributed by atoms with van der Waals surface area (Å²) in [5.74, 6) is 3.36. The summed E-state index contributed by atoms with van der Waals surface area (Å²) in [6, 6.07) is 15.1. The van der Waals surface area contributed by atoms with E-state index < -0.39 is 10.1 Å². The van der Waals surface area contributed by atoms with Crippen molar-refractivity contribution < 1.29 is 26.9 Å². The van der Waals surface area contributed by atoms with Gasteiger partial charge in [0.05, 0.1) is 18.0 Å². The molecule has 204 valence electrons. The Morgan fingerprint density at radius 3 is 2.03 bits per heavy atom. The topological polar surface area (TPSA) is 72.9 Å². The Hall–Kier alpha value is -2.42. The molecule has 8 heteroatoms. The van der Waals surface area contributed by atoms with Crippen LogP contribution in [-0.2, 0) is 24.6 Å². The van der Waals surface area contributed by atoms with Gasteiger partial charge in [0.25, 0.3) is 5.91 Å². The summed E-state index contributed by atoms with van der Waals surface area (Å²) in [4.78, 5) is 14.7. The SMILES string of the molecule is Cc1ccc(S(=O)(=O)O[N+]2(C)CCN(C(=O)COc3ccc(C45CC6CC(CC(C6)C4)C5)cc3)CC2)cc1. The van der Waals surface area contributed by atoms with Crippen molar-refractivity contribution >= 4 is 16.0 Å². The van der Waals surface area contributed by atoms with Crippen LogP contribution in [0.5, 0.6) is 5.75 Å². The standard InChI is InChI=1S/C30H39N2O5S/c1-22-3-9-28(10-4-22)38(34,35)37-32(2)13-11-31(12-14-32)29(33)21-36-27-7-5-26(6-8-27)30-18-23-15-24(19-30)17-25(16-23)20-30/h3-10,23-25H,11-21H2,1-2H3/q+1. The van der Waals surface area contributed by atoms with Gasteiger partial charge in [-0.2, -0.15) is 13.1 Å². The number of amides is 1. The Morgan fingerprint density at radius 1 is 0.921 bits per heavy atom. The second-order valence-electron chi connectivity index (χ2n) is 12.5. The molecule has 1 saturated heterocycles. The average molecular weight is 540 g/mol. The molecule has 7 rings (SSSR count). The van der Waals surface area contributed by atoms with Crippen molar-refractivity contribution in [1.82, 2.24) is 4.90 Å². The molecule has 5 aliphatic rings. The molecule has 0 unspecified atom stereocenters. The van der Waals surface area contributed by atoms with E-state index in [0.717, 1.165) is 29.1 Å². The first-order valence-electron chi connectivity index (χ1n) is 14.0. The Kier molecular flexibility index (Phi) is 6.56. The molecule has 0 aromatic heterocycles. The number of aryl methyl sites for hydroxylation is 1. The number of benzene rings is 2. The third-order valence-electron chi connectivity index (χ3n) is 9.49. The highest BCUT2D eigenvalue weighted by molar-refractivity contribution is 7.86. The maximum Gasteiger partial charge on any atom is 0.342 e. The second-order valence-corrected chi connectivity index (χ2v) is 14.0. The number of piperazine rings is 1. The molecule has 0 radical (unpaired) electrons. The number of rotatable bonds is 7. The van der Waals surface area contributed by atoms with Gasteiger partial charge in [0.2, 0.25) is 0 Å². The van der Waals surface area contributed by atoms with E-state index in [-0.39, 0.29) is 22.1 Å². The molecule has 38 heavy (non-hydrogen) atoms. The minimum absolute atomic E-state index is 0.0249. The van der Waals surface area contributed by atoms with Crippen molar-refractivity contribution in [1.29, 1.82) is 0 Å². The summed E-state index contributed by atoms with van der Waals surface area (Å²) in [5.41, 5.74) is 2.79. The van der Waals surface area contributed by atoms with Crippen molar-refractivity contribution in [2.45, 2.75) is 55.8 Å². The molecule has 4 bridgehead atoms. The second kappa shape index (κ2) is 9.65. The lowest BCUT2D eigenvalue weighted by Crippen LogP contribution is -2.59. The summed E-state index contributed by atoms with van der Waals surface area (Å²) < 4.78 is 36.9. The number of ether oxygens (including phenoxy) is 1. The highest BCUT2D eigenvalue weighted by Gasteiger charge is 2.51. The van der Waals surface area contributed by atoms with E-state index in [9.17, 15) is 13.2 Å². The van der Waals surface area contributed by atoms with Gasteiger partial charge in [0.15, 0.2) is 6.61 Å². The Labute approximate surface area is 226 Å². The summed E-state index contributed by atoms with van der Waals surface area (Å²) in [6.45, 7) is 3.47. The molecule has 2 aromatic rings. The highest BCUT2D eigenvalue weighted by Crippen LogP contribution is 2.60. The zero-order valence-electron chi connectivity index (χ0n) is 22.5. The number of carbonyl (C=O) groups excluding carboxylic acids is 1. The first kappa shape index (κ1) is 25.8. The van der Waals surface area contributed by atoms with Crippen LogP contribution in [0.1, 0.15) is 49.7 Å². The zero-order chi connectivity index (χ0) is 26.5. The molecule has 4 aliphatic carbocycles. The van der Waals surface area contributed by atoms with E-state index in [1.165, 1.54) is 44.1 Å².